The van der Waals surface area contributed by atoms with Crippen molar-refractivity contribution < 1.29 is 24.6 Å². The van der Waals surface area contributed by atoms with Gasteiger partial charge in [0, 0.05) is 18.7 Å². The highest BCUT2D eigenvalue weighted by atomic mass is 16.4. The van der Waals surface area contributed by atoms with E-state index in [1.807, 2.05) is 35.2 Å². The van der Waals surface area contributed by atoms with Gasteiger partial charge in [0.05, 0.1) is 11.1 Å². The molecule has 2 N–H and O–H groups in total. The standard InChI is InChI=1S/C10H11NO.C9H8O4/c12-10-7-4-8-11(10)9-5-2-1-3-6-9;1-5-2-6(8(10)11)4-7(3-5)9(12)13/h1-3,5-6H,4,7-8H2;2-4H,1H3,(H,10,11)(H,12,13). The van der Waals surface area contributed by atoms with Crippen LogP contribution in [0.1, 0.15) is 39.1 Å². The van der Waals surface area contributed by atoms with E-state index in [1.54, 1.807) is 6.92 Å². The highest BCUT2D eigenvalue weighted by molar-refractivity contribution is 5.95. The van der Waals surface area contributed by atoms with Crippen molar-refractivity contribution in [2.75, 3.05) is 11.4 Å². The molecule has 0 aliphatic carbocycles. The van der Waals surface area contributed by atoms with E-state index in [4.69, 9.17) is 10.2 Å². The Hall–Kier alpha value is -3.15. The Kier molecular flexibility index (Phi) is 5.89. The number of carbonyl (C=O) groups is 3. The molecule has 1 saturated heterocycles. The molecule has 6 nitrogen and oxygen atoms in total. The summed E-state index contributed by atoms with van der Waals surface area (Å²) in [5.41, 5.74) is 1.65. The minimum absolute atomic E-state index is 0.00241. The van der Waals surface area contributed by atoms with Crippen molar-refractivity contribution in [2.45, 2.75) is 19.8 Å². The van der Waals surface area contributed by atoms with Gasteiger partial charge < -0.3 is 15.1 Å². The van der Waals surface area contributed by atoms with E-state index in [2.05, 4.69) is 0 Å². The quantitative estimate of drug-likeness (QED) is 0.894. The minimum Gasteiger partial charge on any atom is -0.478 e. The number of carboxylic acid groups (broad SMARTS) is 2. The Balaban J connectivity index is 0.000000181. The smallest absolute Gasteiger partial charge is 0.335 e. The molecular weight excluding hydrogens is 322 g/mol. The van der Waals surface area contributed by atoms with Crippen LogP contribution in [0.3, 0.4) is 0 Å². The Morgan fingerprint density at radius 1 is 0.960 bits per heavy atom. The first-order valence-corrected chi connectivity index (χ1v) is 7.82. The number of benzene rings is 2. The van der Waals surface area contributed by atoms with Gasteiger partial charge in [-0.15, -0.1) is 0 Å². The molecule has 2 aromatic rings. The van der Waals surface area contributed by atoms with Gasteiger partial charge in [-0.2, -0.15) is 0 Å². The molecule has 1 fully saturated rings. The fourth-order valence-electron chi connectivity index (χ4n) is 2.56. The molecular formula is C19H19NO5. The maximum absolute atomic E-state index is 11.3. The van der Waals surface area contributed by atoms with Crippen LogP contribution in [0, 0.1) is 6.92 Å². The number of para-hydroxylation sites is 1. The van der Waals surface area contributed by atoms with Crippen LogP contribution in [0.15, 0.2) is 48.5 Å². The van der Waals surface area contributed by atoms with Crippen LogP contribution in [-0.4, -0.2) is 34.6 Å². The zero-order chi connectivity index (χ0) is 18.4. The third-order valence-corrected chi connectivity index (χ3v) is 3.71. The molecule has 0 spiro atoms. The van der Waals surface area contributed by atoms with Gasteiger partial charge in [0.2, 0.25) is 5.91 Å². The summed E-state index contributed by atoms with van der Waals surface area (Å²) in [7, 11) is 0. The van der Waals surface area contributed by atoms with Gasteiger partial charge in [0.15, 0.2) is 0 Å². The zero-order valence-electron chi connectivity index (χ0n) is 13.8. The molecule has 0 saturated carbocycles. The van der Waals surface area contributed by atoms with Gasteiger partial charge in [0.25, 0.3) is 0 Å². The molecule has 0 atom stereocenters. The van der Waals surface area contributed by atoms with Crippen molar-refractivity contribution in [1.29, 1.82) is 0 Å². The fraction of sp³-hybridized carbons (Fsp3) is 0.211. The van der Waals surface area contributed by atoms with E-state index in [1.165, 1.54) is 12.1 Å². The number of aryl methyl sites for hydroxylation is 1. The highest BCUT2D eigenvalue weighted by Crippen LogP contribution is 2.19. The number of nitrogens with zero attached hydrogens (tertiary/aromatic N) is 1. The van der Waals surface area contributed by atoms with Crippen molar-refractivity contribution in [2.24, 2.45) is 0 Å². The summed E-state index contributed by atoms with van der Waals surface area (Å²) < 4.78 is 0. The van der Waals surface area contributed by atoms with Gasteiger partial charge in [-0.3, -0.25) is 4.79 Å². The molecule has 0 radical (unpaired) electrons. The van der Waals surface area contributed by atoms with Gasteiger partial charge >= 0.3 is 11.9 Å². The normalized spacial score (nSPS) is 13.2. The summed E-state index contributed by atoms with van der Waals surface area (Å²) >= 11 is 0. The fourth-order valence-corrected chi connectivity index (χ4v) is 2.56. The summed E-state index contributed by atoms with van der Waals surface area (Å²) in [6.07, 6.45) is 1.70. The van der Waals surface area contributed by atoms with Gasteiger partial charge in [-0.25, -0.2) is 9.59 Å². The first kappa shape index (κ1) is 18.2. The maximum atomic E-state index is 11.3. The van der Waals surface area contributed by atoms with E-state index >= 15 is 0 Å². The SMILES string of the molecule is Cc1cc(C(=O)O)cc(C(=O)O)c1.O=C1CCCN1c1ccccc1. The van der Waals surface area contributed by atoms with Crippen molar-refractivity contribution in [3.8, 4) is 0 Å². The van der Waals surface area contributed by atoms with E-state index in [9.17, 15) is 14.4 Å². The van der Waals surface area contributed by atoms with Crippen LogP contribution < -0.4 is 4.90 Å². The van der Waals surface area contributed by atoms with Gasteiger partial charge in [-0.1, -0.05) is 18.2 Å². The summed E-state index contributed by atoms with van der Waals surface area (Å²) in [4.78, 5) is 34.2. The average Bonchev–Trinajstić information content (AvgIpc) is 3.01. The molecule has 1 heterocycles. The Morgan fingerprint density at radius 2 is 1.52 bits per heavy atom. The number of anilines is 1. The molecule has 25 heavy (non-hydrogen) atoms. The van der Waals surface area contributed by atoms with Crippen molar-refractivity contribution in [3.05, 3.63) is 65.2 Å². The lowest BCUT2D eigenvalue weighted by Crippen LogP contribution is -2.23. The monoisotopic (exact) mass is 341 g/mol. The van der Waals surface area contributed by atoms with Crippen LogP contribution in [0.4, 0.5) is 5.69 Å². The van der Waals surface area contributed by atoms with Crippen molar-refractivity contribution >= 4 is 23.5 Å². The Morgan fingerprint density at radius 3 is 1.96 bits per heavy atom. The molecule has 6 heteroatoms. The molecule has 3 rings (SSSR count). The second kappa shape index (κ2) is 8.10. The largest absolute Gasteiger partial charge is 0.478 e. The number of aromatic carboxylic acids is 2. The van der Waals surface area contributed by atoms with Crippen LogP contribution in [0.25, 0.3) is 0 Å². The highest BCUT2D eigenvalue weighted by Gasteiger charge is 2.20. The Bertz CT molecular complexity index is 753. The lowest BCUT2D eigenvalue weighted by atomic mass is 10.1. The maximum Gasteiger partial charge on any atom is 0.335 e. The number of hydrogen-bond donors (Lipinski definition) is 2. The summed E-state index contributed by atoms with van der Waals surface area (Å²) in [6, 6.07) is 13.8. The number of amides is 1. The minimum atomic E-state index is -1.12. The van der Waals surface area contributed by atoms with Crippen LogP contribution in [0.5, 0.6) is 0 Å². The first-order chi connectivity index (χ1) is 11.9. The van der Waals surface area contributed by atoms with E-state index in [-0.39, 0.29) is 17.0 Å². The Labute approximate surface area is 145 Å². The average molecular weight is 341 g/mol. The second-order valence-corrected chi connectivity index (χ2v) is 5.68. The summed E-state index contributed by atoms with van der Waals surface area (Å²) in [5.74, 6) is -1.99. The second-order valence-electron chi connectivity index (χ2n) is 5.68. The topological polar surface area (TPSA) is 94.9 Å². The van der Waals surface area contributed by atoms with E-state index < -0.39 is 11.9 Å². The molecule has 1 aliphatic rings. The summed E-state index contributed by atoms with van der Waals surface area (Å²) in [5, 5.41) is 17.2. The molecule has 1 amide bonds. The van der Waals surface area contributed by atoms with Gasteiger partial charge in [0.1, 0.15) is 0 Å². The molecule has 2 aromatic carbocycles. The number of rotatable bonds is 3. The zero-order valence-corrected chi connectivity index (χ0v) is 13.8. The predicted molar refractivity (Wildman–Crippen MR) is 93.1 cm³/mol. The third-order valence-electron chi connectivity index (χ3n) is 3.71. The molecule has 0 unspecified atom stereocenters. The number of carboxylic acids is 2. The molecule has 0 bridgehead atoms. The van der Waals surface area contributed by atoms with E-state index in [0.29, 0.717) is 12.0 Å². The van der Waals surface area contributed by atoms with E-state index in [0.717, 1.165) is 24.7 Å². The molecule has 1 aliphatic heterocycles. The van der Waals surface area contributed by atoms with Crippen LogP contribution in [0.2, 0.25) is 0 Å². The third kappa shape index (κ3) is 4.91. The molecule has 130 valence electrons. The van der Waals surface area contributed by atoms with Crippen molar-refractivity contribution in [1.82, 2.24) is 0 Å². The summed E-state index contributed by atoms with van der Waals surface area (Å²) in [6.45, 7) is 2.53. The number of hydrogen-bond acceptors (Lipinski definition) is 3. The van der Waals surface area contributed by atoms with Crippen LogP contribution in [-0.2, 0) is 4.79 Å². The first-order valence-electron chi connectivity index (χ1n) is 7.82. The predicted octanol–water partition coefficient (Wildman–Crippen LogP) is 3.20. The lowest BCUT2D eigenvalue weighted by Gasteiger charge is -2.14. The number of carbonyl (C=O) groups excluding carboxylic acids is 1. The molecule has 0 aromatic heterocycles. The lowest BCUT2D eigenvalue weighted by molar-refractivity contribution is -0.117. The van der Waals surface area contributed by atoms with Gasteiger partial charge in [-0.05, 0) is 49.2 Å². The van der Waals surface area contributed by atoms with Crippen molar-refractivity contribution in [3.63, 3.8) is 0 Å². The van der Waals surface area contributed by atoms with Crippen LogP contribution >= 0.6 is 0 Å².